The van der Waals surface area contributed by atoms with E-state index in [9.17, 15) is 4.79 Å². The van der Waals surface area contributed by atoms with Gasteiger partial charge in [-0.15, -0.1) is 0 Å². The van der Waals surface area contributed by atoms with Crippen LogP contribution in [0, 0.1) is 0 Å². The van der Waals surface area contributed by atoms with Crippen molar-refractivity contribution in [1.29, 1.82) is 0 Å². The molecule has 4 heteroatoms. The van der Waals surface area contributed by atoms with Crippen molar-refractivity contribution in [2.24, 2.45) is 0 Å². The molecule has 19 heavy (non-hydrogen) atoms. The maximum atomic E-state index is 10.9. The largest absolute Gasteiger partial charge is 0.493 e. The average Bonchev–Trinajstić information content (AvgIpc) is 2.37. The lowest BCUT2D eigenvalue weighted by molar-refractivity contribution is -0.112. The highest BCUT2D eigenvalue weighted by Gasteiger charge is 2.12. The average molecular weight is 266 g/mol. The lowest BCUT2D eigenvalue weighted by Crippen LogP contribution is -1.99. The summed E-state index contributed by atoms with van der Waals surface area (Å²) < 4.78 is 16.0. The molecule has 0 atom stereocenters. The van der Waals surface area contributed by atoms with Crippen LogP contribution in [-0.4, -0.2) is 26.6 Å². The molecule has 0 aliphatic carbocycles. The normalized spacial score (nSPS) is 9.89. The molecule has 1 rings (SSSR count). The quantitative estimate of drug-likeness (QED) is 0.741. The Morgan fingerprint density at radius 1 is 1.21 bits per heavy atom. The van der Waals surface area contributed by atoms with E-state index in [1.165, 1.54) is 13.0 Å². The third-order valence-electron chi connectivity index (χ3n) is 2.28. The highest BCUT2D eigenvalue weighted by Crippen LogP contribution is 2.38. The molecule has 0 aliphatic rings. The first-order chi connectivity index (χ1) is 8.62. The first kappa shape index (κ1) is 17.0. The number of rotatable bonds is 6. The van der Waals surface area contributed by atoms with Gasteiger partial charge in [-0.25, -0.2) is 0 Å². The van der Waals surface area contributed by atoms with E-state index in [-0.39, 0.29) is 13.2 Å². The molecule has 106 valence electrons. The second kappa shape index (κ2) is 8.19. The van der Waals surface area contributed by atoms with Crippen LogP contribution in [0.1, 0.15) is 26.8 Å². The van der Waals surface area contributed by atoms with E-state index in [2.05, 4.69) is 0 Å². The van der Waals surface area contributed by atoms with E-state index in [1.807, 2.05) is 6.92 Å². The predicted octanol–water partition coefficient (Wildman–Crippen LogP) is 3.34. The molecular formula is C15H22O4. The Morgan fingerprint density at radius 3 is 2.11 bits per heavy atom. The Balaban J connectivity index is 0.00000324. The fourth-order valence-corrected chi connectivity index (χ4v) is 1.50. The lowest BCUT2D eigenvalue weighted by atomic mass is 10.1. The summed E-state index contributed by atoms with van der Waals surface area (Å²) in [5.74, 6) is 1.73. The van der Waals surface area contributed by atoms with E-state index in [0.29, 0.717) is 23.9 Å². The molecule has 0 bridgehead atoms. The minimum Gasteiger partial charge on any atom is -0.493 e. The molecule has 0 aromatic heterocycles. The predicted molar refractivity (Wildman–Crippen MR) is 77.2 cm³/mol. The van der Waals surface area contributed by atoms with Crippen molar-refractivity contribution >= 4 is 11.9 Å². The molecule has 0 amide bonds. The Bertz CT molecular complexity index is 424. The number of hydrogen-bond donors (Lipinski definition) is 0. The molecule has 0 unspecified atom stereocenters. The summed E-state index contributed by atoms with van der Waals surface area (Å²) in [6.07, 6.45) is 3.21. The second-order valence-electron chi connectivity index (χ2n) is 3.63. The van der Waals surface area contributed by atoms with E-state index in [0.717, 1.165) is 5.56 Å². The van der Waals surface area contributed by atoms with Crippen LogP contribution in [0.2, 0.25) is 0 Å². The first-order valence-corrected chi connectivity index (χ1v) is 5.69. The fourth-order valence-electron chi connectivity index (χ4n) is 1.50. The number of hydrogen-bond acceptors (Lipinski definition) is 4. The molecule has 0 heterocycles. The molecule has 0 spiro atoms. The number of benzene rings is 1. The van der Waals surface area contributed by atoms with Crippen LogP contribution in [-0.2, 0) is 4.79 Å². The molecule has 1 aromatic carbocycles. The van der Waals surface area contributed by atoms with Gasteiger partial charge in [-0.3, -0.25) is 4.79 Å². The summed E-state index contributed by atoms with van der Waals surface area (Å²) in [7, 11) is 3.13. The Labute approximate surface area is 115 Å². The zero-order valence-corrected chi connectivity index (χ0v) is 11.1. The maximum absolute atomic E-state index is 10.9. The molecule has 0 radical (unpaired) electrons. The van der Waals surface area contributed by atoms with Gasteiger partial charge in [0.05, 0.1) is 20.8 Å². The summed E-state index contributed by atoms with van der Waals surface area (Å²) in [5, 5.41) is 0. The van der Waals surface area contributed by atoms with Crippen LogP contribution >= 0.6 is 0 Å². The topological polar surface area (TPSA) is 44.8 Å². The Morgan fingerprint density at radius 2 is 1.74 bits per heavy atom. The molecule has 0 saturated heterocycles. The number of ether oxygens (including phenoxy) is 3. The second-order valence-corrected chi connectivity index (χ2v) is 3.63. The van der Waals surface area contributed by atoms with E-state index in [1.54, 1.807) is 32.4 Å². The fraction of sp³-hybridized carbons (Fsp3) is 0.400. The van der Waals surface area contributed by atoms with Crippen LogP contribution in [0.15, 0.2) is 18.2 Å². The number of carbonyl (C=O) groups excluding carboxylic acids is 1. The van der Waals surface area contributed by atoms with Gasteiger partial charge in [-0.05, 0) is 37.6 Å². The molecule has 1 aromatic rings. The highest BCUT2D eigenvalue weighted by atomic mass is 16.5. The third-order valence-corrected chi connectivity index (χ3v) is 2.28. The molecule has 0 aliphatic heterocycles. The molecular weight excluding hydrogens is 244 g/mol. The van der Waals surface area contributed by atoms with Gasteiger partial charge in [-0.1, -0.05) is 13.5 Å². The van der Waals surface area contributed by atoms with Crippen LogP contribution in [0.4, 0.5) is 0 Å². The van der Waals surface area contributed by atoms with Crippen LogP contribution in [0.5, 0.6) is 17.2 Å². The number of carbonyl (C=O) groups is 1. The summed E-state index contributed by atoms with van der Waals surface area (Å²) >= 11 is 0. The van der Waals surface area contributed by atoms with Crippen molar-refractivity contribution in [3.8, 4) is 17.2 Å². The van der Waals surface area contributed by atoms with Gasteiger partial charge in [0, 0.05) is 0 Å². The van der Waals surface area contributed by atoms with Gasteiger partial charge in [0.2, 0.25) is 5.75 Å². The summed E-state index contributed by atoms with van der Waals surface area (Å²) in [5.41, 5.74) is 0.822. The zero-order chi connectivity index (χ0) is 13.5. The van der Waals surface area contributed by atoms with E-state index < -0.39 is 0 Å². The summed E-state index contributed by atoms with van der Waals surface area (Å²) in [6, 6.07) is 3.60. The van der Waals surface area contributed by atoms with Crippen LogP contribution in [0.25, 0.3) is 6.08 Å². The van der Waals surface area contributed by atoms with Gasteiger partial charge < -0.3 is 14.2 Å². The summed E-state index contributed by atoms with van der Waals surface area (Å²) in [6.45, 7) is 3.91. The van der Waals surface area contributed by atoms with Gasteiger partial charge in [-0.2, -0.15) is 0 Å². The SMILES string of the molecule is C.CCOc1c(OC)cc(/C=C/C(C)=O)cc1OC. The Hall–Kier alpha value is -1.97. The van der Waals surface area contributed by atoms with Crippen molar-refractivity contribution in [1.82, 2.24) is 0 Å². The Kier molecular flexibility index (Phi) is 7.34. The number of methoxy groups -OCH3 is 2. The third kappa shape index (κ3) is 4.66. The zero-order valence-electron chi connectivity index (χ0n) is 11.1. The number of ketones is 1. The van der Waals surface area contributed by atoms with Crippen molar-refractivity contribution < 1.29 is 19.0 Å². The first-order valence-electron chi connectivity index (χ1n) is 5.69. The van der Waals surface area contributed by atoms with Crippen LogP contribution in [0.3, 0.4) is 0 Å². The van der Waals surface area contributed by atoms with E-state index in [4.69, 9.17) is 14.2 Å². The van der Waals surface area contributed by atoms with Crippen molar-refractivity contribution in [3.63, 3.8) is 0 Å². The van der Waals surface area contributed by atoms with Crippen molar-refractivity contribution in [3.05, 3.63) is 23.8 Å². The molecule has 0 fully saturated rings. The summed E-state index contributed by atoms with van der Waals surface area (Å²) in [4.78, 5) is 10.9. The monoisotopic (exact) mass is 266 g/mol. The standard InChI is InChI=1S/C14H18O4.CH4/c1-5-18-14-12(16-3)8-11(7-6-10(2)15)9-13(14)17-4;/h6-9H,5H2,1-4H3;1H4/b7-6+;. The number of allylic oxidation sites excluding steroid dienone is 1. The maximum Gasteiger partial charge on any atom is 0.203 e. The van der Waals surface area contributed by atoms with Crippen molar-refractivity contribution in [2.75, 3.05) is 20.8 Å². The highest BCUT2D eigenvalue weighted by molar-refractivity contribution is 5.91. The van der Waals surface area contributed by atoms with Gasteiger partial charge in [0.1, 0.15) is 0 Å². The minimum atomic E-state index is -0.0122. The smallest absolute Gasteiger partial charge is 0.203 e. The van der Waals surface area contributed by atoms with Crippen LogP contribution < -0.4 is 14.2 Å². The van der Waals surface area contributed by atoms with Gasteiger partial charge in [0.15, 0.2) is 17.3 Å². The molecule has 4 nitrogen and oxygen atoms in total. The minimum absolute atomic E-state index is 0. The van der Waals surface area contributed by atoms with Gasteiger partial charge in [0.25, 0.3) is 0 Å². The molecule has 0 N–H and O–H groups in total. The van der Waals surface area contributed by atoms with Crippen molar-refractivity contribution in [2.45, 2.75) is 21.3 Å². The van der Waals surface area contributed by atoms with E-state index >= 15 is 0 Å². The lowest BCUT2D eigenvalue weighted by Gasteiger charge is -2.14. The molecule has 0 saturated carbocycles. The van der Waals surface area contributed by atoms with Gasteiger partial charge >= 0.3 is 0 Å².